The molecule has 7 heteroatoms. The molecule has 0 saturated carbocycles. The molecule has 4 N–H and O–H groups in total. The highest BCUT2D eigenvalue weighted by molar-refractivity contribution is 5.92. The highest BCUT2D eigenvalue weighted by Gasteiger charge is 2.06. The zero-order valence-electron chi connectivity index (χ0n) is 7.82. The topological polar surface area (TPSA) is 118 Å². The lowest BCUT2D eigenvalue weighted by Gasteiger charge is -2.01. The van der Waals surface area contributed by atoms with E-state index in [1.807, 2.05) is 0 Å². The quantitative estimate of drug-likeness (QED) is 0.553. The first-order valence-electron chi connectivity index (χ1n) is 4.22. The van der Waals surface area contributed by atoms with Gasteiger partial charge >= 0.3 is 0 Å². The number of nitrogens with zero attached hydrogens (tertiary/aromatic N) is 1. The van der Waals surface area contributed by atoms with Crippen molar-refractivity contribution in [3.63, 3.8) is 0 Å². The number of hydrogen-bond acceptors (Lipinski definition) is 4. The Kier molecular flexibility index (Phi) is 3.55. The average molecular weight is 210 g/mol. The molecule has 0 saturated heterocycles. The molecular weight excluding hydrogens is 200 g/mol. The van der Waals surface area contributed by atoms with Crippen molar-refractivity contribution in [1.29, 1.82) is 0 Å². The van der Waals surface area contributed by atoms with E-state index in [9.17, 15) is 14.4 Å². The van der Waals surface area contributed by atoms with Gasteiger partial charge in [-0.3, -0.25) is 14.4 Å². The molecule has 1 aromatic heterocycles. The molecular formula is C8H10N4O3. The highest BCUT2D eigenvalue weighted by atomic mass is 16.2. The van der Waals surface area contributed by atoms with Crippen LogP contribution in [0.1, 0.15) is 16.9 Å². The van der Waals surface area contributed by atoms with Crippen LogP contribution in [0.5, 0.6) is 0 Å². The minimum atomic E-state index is -0.496. The van der Waals surface area contributed by atoms with Crippen LogP contribution in [-0.2, 0) is 4.79 Å². The molecule has 1 heterocycles. The van der Waals surface area contributed by atoms with E-state index in [0.717, 1.165) is 0 Å². The molecule has 1 rings (SSSR count). The number of primary amides is 1. The van der Waals surface area contributed by atoms with Crippen LogP contribution in [0, 0.1) is 0 Å². The molecule has 80 valence electrons. The molecule has 0 radical (unpaired) electrons. The summed E-state index contributed by atoms with van der Waals surface area (Å²) in [6.07, 6.45) is 0.0646. The van der Waals surface area contributed by atoms with Crippen LogP contribution in [0.25, 0.3) is 0 Å². The van der Waals surface area contributed by atoms with Crippen LogP contribution in [0.3, 0.4) is 0 Å². The van der Waals surface area contributed by atoms with E-state index >= 15 is 0 Å². The van der Waals surface area contributed by atoms with Crippen LogP contribution in [-0.4, -0.2) is 28.6 Å². The van der Waals surface area contributed by atoms with E-state index < -0.39 is 11.8 Å². The fraction of sp³-hybridized carbons (Fsp3) is 0.250. The van der Waals surface area contributed by atoms with Crippen molar-refractivity contribution in [3.8, 4) is 0 Å². The van der Waals surface area contributed by atoms with E-state index in [1.54, 1.807) is 0 Å². The van der Waals surface area contributed by atoms with Gasteiger partial charge in [-0.1, -0.05) is 0 Å². The Hall–Kier alpha value is -2.18. The van der Waals surface area contributed by atoms with E-state index in [1.165, 1.54) is 12.1 Å². The third kappa shape index (κ3) is 3.59. The first-order chi connectivity index (χ1) is 7.09. The van der Waals surface area contributed by atoms with Crippen LogP contribution < -0.4 is 16.6 Å². The lowest BCUT2D eigenvalue weighted by Crippen LogP contribution is -2.29. The van der Waals surface area contributed by atoms with Gasteiger partial charge in [-0.05, 0) is 6.07 Å². The van der Waals surface area contributed by atoms with Gasteiger partial charge in [0.2, 0.25) is 5.91 Å². The van der Waals surface area contributed by atoms with Crippen LogP contribution in [0.4, 0.5) is 0 Å². The van der Waals surface area contributed by atoms with Gasteiger partial charge in [-0.25, -0.2) is 5.10 Å². The number of carbonyl (C=O) groups is 2. The third-order valence-electron chi connectivity index (χ3n) is 1.57. The third-order valence-corrected chi connectivity index (χ3v) is 1.57. The van der Waals surface area contributed by atoms with Gasteiger partial charge in [0.25, 0.3) is 11.5 Å². The van der Waals surface area contributed by atoms with Crippen LogP contribution in [0.2, 0.25) is 0 Å². The Morgan fingerprint density at radius 2 is 2.20 bits per heavy atom. The smallest absolute Gasteiger partial charge is 0.271 e. The summed E-state index contributed by atoms with van der Waals surface area (Å²) in [5, 5.41) is 8.06. The molecule has 7 nitrogen and oxygen atoms in total. The number of nitrogens with two attached hydrogens (primary N) is 1. The maximum absolute atomic E-state index is 11.3. The SMILES string of the molecule is NC(=O)CCNC(=O)c1ccc(=O)[nH]n1. The van der Waals surface area contributed by atoms with Crippen molar-refractivity contribution >= 4 is 11.8 Å². The van der Waals surface area contributed by atoms with Crippen LogP contribution in [0.15, 0.2) is 16.9 Å². The summed E-state index contributed by atoms with van der Waals surface area (Å²) in [7, 11) is 0. The number of amides is 2. The number of hydrogen-bond donors (Lipinski definition) is 3. The zero-order valence-corrected chi connectivity index (χ0v) is 7.82. The summed E-state index contributed by atoms with van der Waals surface area (Å²) in [5.74, 6) is -0.961. The van der Waals surface area contributed by atoms with Gasteiger partial charge in [0, 0.05) is 19.0 Å². The molecule has 0 aromatic carbocycles. The molecule has 0 aliphatic carbocycles. The largest absolute Gasteiger partial charge is 0.370 e. The summed E-state index contributed by atoms with van der Waals surface area (Å²) < 4.78 is 0. The predicted molar refractivity (Wildman–Crippen MR) is 51.0 cm³/mol. The lowest BCUT2D eigenvalue weighted by molar-refractivity contribution is -0.117. The summed E-state index contributed by atoms with van der Waals surface area (Å²) >= 11 is 0. The maximum Gasteiger partial charge on any atom is 0.271 e. The molecule has 0 atom stereocenters. The minimum Gasteiger partial charge on any atom is -0.370 e. The number of aromatic amines is 1. The number of aromatic nitrogens is 2. The molecule has 0 fully saturated rings. The van der Waals surface area contributed by atoms with Gasteiger partial charge in [-0.2, -0.15) is 5.10 Å². The first kappa shape index (κ1) is 10.9. The van der Waals surface area contributed by atoms with Crippen LogP contribution >= 0.6 is 0 Å². The van der Waals surface area contributed by atoms with Gasteiger partial charge in [0.05, 0.1) is 0 Å². The predicted octanol–water partition coefficient (Wildman–Crippen LogP) is -1.62. The Balaban J connectivity index is 2.50. The second-order valence-electron chi connectivity index (χ2n) is 2.78. The molecule has 0 aliphatic heterocycles. The Morgan fingerprint density at radius 3 is 2.73 bits per heavy atom. The zero-order chi connectivity index (χ0) is 11.3. The molecule has 2 amide bonds. The Labute approximate surface area is 84.7 Å². The number of H-pyrrole nitrogens is 1. The molecule has 0 unspecified atom stereocenters. The van der Waals surface area contributed by atoms with Crippen molar-refractivity contribution in [2.45, 2.75) is 6.42 Å². The molecule has 0 aliphatic rings. The molecule has 15 heavy (non-hydrogen) atoms. The maximum atomic E-state index is 11.3. The fourth-order valence-electron chi connectivity index (χ4n) is 0.861. The standard InChI is InChI=1S/C8H10N4O3/c9-6(13)3-4-10-8(15)5-1-2-7(14)12-11-5/h1-2H,3-4H2,(H2,9,13)(H,10,15)(H,12,14). The van der Waals surface area contributed by atoms with Gasteiger partial charge in [0.1, 0.15) is 5.69 Å². The normalized spacial score (nSPS) is 9.60. The summed E-state index contributed by atoms with van der Waals surface area (Å²) in [6, 6.07) is 2.48. The monoisotopic (exact) mass is 210 g/mol. The van der Waals surface area contributed by atoms with E-state index in [2.05, 4.69) is 15.5 Å². The molecule has 0 bridgehead atoms. The van der Waals surface area contributed by atoms with Crippen molar-refractivity contribution in [2.75, 3.05) is 6.54 Å². The minimum absolute atomic E-state index is 0.0646. The lowest BCUT2D eigenvalue weighted by atomic mass is 10.3. The van der Waals surface area contributed by atoms with E-state index in [-0.39, 0.29) is 24.2 Å². The number of nitrogens with one attached hydrogen (secondary N) is 2. The number of rotatable bonds is 4. The van der Waals surface area contributed by atoms with Crippen molar-refractivity contribution < 1.29 is 9.59 Å². The second kappa shape index (κ2) is 4.89. The summed E-state index contributed by atoms with van der Waals surface area (Å²) in [5.41, 5.74) is 4.58. The summed E-state index contributed by atoms with van der Waals surface area (Å²) in [6.45, 7) is 0.148. The van der Waals surface area contributed by atoms with Crippen molar-refractivity contribution in [2.24, 2.45) is 5.73 Å². The second-order valence-corrected chi connectivity index (χ2v) is 2.78. The van der Waals surface area contributed by atoms with E-state index in [0.29, 0.717) is 0 Å². The summed E-state index contributed by atoms with van der Waals surface area (Å²) in [4.78, 5) is 32.3. The van der Waals surface area contributed by atoms with Gasteiger partial charge < -0.3 is 11.1 Å². The van der Waals surface area contributed by atoms with Gasteiger partial charge in [0.15, 0.2) is 0 Å². The van der Waals surface area contributed by atoms with E-state index in [4.69, 9.17) is 5.73 Å². The Morgan fingerprint density at radius 1 is 1.47 bits per heavy atom. The van der Waals surface area contributed by atoms with Crippen molar-refractivity contribution in [1.82, 2.24) is 15.5 Å². The van der Waals surface area contributed by atoms with Gasteiger partial charge in [-0.15, -0.1) is 0 Å². The first-order valence-corrected chi connectivity index (χ1v) is 4.22. The fourth-order valence-corrected chi connectivity index (χ4v) is 0.861. The average Bonchev–Trinajstić information content (AvgIpc) is 2.18. The Bertz CT molecular complexity index is 406. The number of carbonyl (C=O) groups excluding carboxylic acids is 2. The molecule has 0 spiro atoms. The van der Waals surface area contributed by atoms with Crippen molar-refractivity contribution in [3.05, 3.63) is 28.2 Å². The highest BCUT2D eigenvalue weighted by Crippen LogP contribution is 1.88. The molecule has 1 aromatic rings.